The van der Waals surface area contributed by atoms with Crippen LogP contribution in [0.25, 0.3) is 0 Å². The molecule has 4 unspecified atom stereocenters. The molecule has 0 amide bonds. The van der Waals surface area contributed by atoms with E-state index in [-0.39, 0.29) is 34.0 Å². The molecular weight excluding hydrogens is 288 g/mol. The fourth-order valence-corrected chi connectivity index (χ4v) is 4.60. The van der Waals surface area contributed by atoms with E-state index in [0.717, 1.165) is 6.42 Å². The Morgan fingerprint density at radius 3 is 2.84 bits per heavy atom. The van der Waals surface area contributed by atoms with Crippen molar-refractivity contribution in [3.8, 4) is 0 Å². The van der Waals surface area contributed by atoms with Crippen LogP contribution in [0.15, 0.2) is 29.2 Å². The van der Waals surface area contributed by atoms with Crippen molar-refractivity contribution in [1.29, 1.82) is 0 Å². The Hall–Kier alpha value is -0.660. The van der Waals surface area contributed by atoms with E-state index in [1.807, 2.05) is 0 Å². The van der Waals surface area contributed by atoms with Gasteiger partial charge in [-0.25, -0.2) is 13.1 Å². The van der Waals surface area contributed by atoms with Crippen molar-refractivity contribution in [2.24, 2.45) is 11.7 Å². The highest BCUT2D eigenvalue weighted by molar-refractivity contribution is 7.89. The molecule has 1 aromatic carbocycles. The Labute approximate surface area is 117 Å². The number of nitrogens with two attached hydrogens (primary N) is 1. The quantitative estimate of drug-likeness (QED) is 0.862. The number of benzene rings is 1. The van der Waals surface area contributed by atoms with Crippen LogP contribution in [-0.2, 0) is 14.8 Å². The molecule has 1 aromatic rings. The Bertz CT molecular complexity index is 592. The largest absolute Gasteiger partial charge is 0.376 e. The molecule has 0 spiro atoms. The number of nitrogens with one attached hydrogen (secondary N) is 1. The monoisotopic (exact) mass is 302 g/mol. The van der Waals surface area contributed by atoms with Gasteiger partial charge in [0.05, 0.1) is 17.2 Å². The highest BCUT2D eigenvalue weighted by Gasteiger charge is 2.53. The number of rotatable bonds is 3. The molecule has 3 rings (SSSR count). The second-order valence-electron chi connectivity index (χ2n) is 4.94. The van der Waals surface area contributed by atoms with Gasteiger partial charge in [-0.2, -0.15) is 0 Å². The fourth-order valence-electron chi connectivity index (χ4n) is 2.80. The van der Waals surface area contributed by atoms with Crippen LogP contribution in [0.5, 0.6) is 0 Å². The third-order valence-corrected chi connectivity index (χ3v) is 5.82. The number of ether oxygens (including phenoxy) is 1. The summed E-state index contributed by atoms with van der Waals surface area (Å²) >= 11 is 5.92. The number of hydrogen-bond acceptors (Lipinski definition) is 4. The summed E-state index contributed by atoms with van der Waals surface area (Å²) in [4.78, 5) is 0.0744. The van der Waals surface area contributed by atoms with Crippen molar-refractivity contribution < 1.29 is 13.2 Å². The van der Waals surface area contributed by atoms with Gasteiger partial charge < -0.3 is 10.5 Å². The van der Waals surface area contributed by atoms with E-state index in [1.54, 1.807) is 18.2 Å². The third kappa shape index (κ3) is 2.17. The molecule has 3 N–H and O–H groups in total. The van der Waals surface area contributed by atoms with E-state index in [4.69, 9.17) is 22.1 Å². The lowest BCUT2D eigenvalue weighted by atomic mass is 9.73. The second-order valence-corrected chi connectivity index (χ2v) is 7.03. The van der Waals surface area contributed by atoms with Crippen molar-refractivity contribution >= 4 is 21.6 Å². The summed E-state index contributed by atoms with van der Waals surface area (Å²) in [6.45, 7) is 0.646. The van der Waals surface area contributed by atoms with E-state index in [2.05, 4.69) is 4.72 Å². The summed E-state index contributed by atoms with van der Waals surface area (Å²) in [7, 11) is -3.66. The van der Waals surface area contributed by atoms with Crippen LogP contribution in [0.4, 0.5) is 0 Å². The van der Waals surface area contributed by atoms with Crippen molar-refractivity contribution in [2.75, 3.05) is 6.61 Å². The highest BCUT2D eigenvalue weighted by Crippen LogP contribution is 2.38. The average molecular weight is 303 g/mol. The molecule has 1 heterocycles. The van der Waals surface area contributed by atoms with Crippen molar-refractivity contribution in [1.82, 2.24) is 4.72 Å². The van der Waals surface area contributed by atoms with Gasteiger partial charge in [0, 0.05) is 18.6 Å². The van der Waals surface area contributed by atoms with Gasteiger partial charge in [0.2, 0.25) is 10.0 Å². The molecule has 2 aliphatic rings. The maximum atomic E-state index is 12.3. The molecule has 0 bridgehead atoms. The van der Waals surface area contributed by atoms with Gasteiger partial charge in [-0.05, 0) is 18.6 Å². The van der Waals surface area contributed by atoms with Crippen LogP contribution < -0.4 is 10.5 Å². The van der Waals surface area contributed by atoms with Crippen LogP contribution in [0.1, 0.15) is 6.42 Å². The van der Waals surface area contributed by atoms with Gasteiger partial charge in [-0.3, -0.25) is 0 Å². The van der Waals surface area contributed by atoms with Crippen LogP contribution in [0, 0.1) is 5.92 Å². The minimum absolute atomic E-state index is 0.0744. The number of sulfonamides is 1. The molecular formula is C12H15ClN2O3S. The first kappa shape index (κ1) is 13.3. The van der Waals surface area contributed by atoms with Crippen molar-refractivity contribution in [2.45, 2.75) is 29.5 Å². The summed E-state index contributed by atoms with van der Waals surface area (Å²) in [6.07, 6.45) is 0.795. The average Bonchev–Trinajstić information content (AvgIpc) is 2.81. The minimum Gasteiger partial charge on any atom is -0.376 e. The minimum atomic E-state index is -3.66. The molecule has 0 radical (unpaired) electrons. The van der Waals surface area contributed by atoms with Crippen LogP contribution in [0.3, 0.4) is 0 Å². The predicted octanol–water partition coefficient (Wildman–Crippen LogP) is 0.733. The van der Waals surface area contributed by atoms with E-state index in [0.29, 0.717) is 6.61 Å². The predicted molar refractivity (Wildman–Crippen MR) is 71.4 cm³/mol. The lowest BCUT2D eigenvalue weighted by molar-refractivity contribution is -0.00923. The van der Waals surface area contributed by atoms with Crippen LogP contribution in [-0.4, -0.2) is 33.2 Å². The molecule has 19 heavy (non-hydrogen) atoms. The third-order valence-electron chi connectivity index (χ3n) is 3.86. The van der Waals surface area contributed by atoms with Gasteiger partial charge >= 0.3 is 0 Å². The Balaban J connectivity index is 1.81. The van der Waals surface area contributed by atoms with Crippen LogP contribution in [0.2, 0.25) is 5.02 Å². The van der Waals surface area contributed by atoms with Gasteiger partial charge in [0.15, 0.2) is 0 Å². The first-order valence-corrected chi connectivity index (χ1v) is 8.01. The summed E-state index contributed by atoms with van der Waals surface area (Å²) < 4.78 is 32.7. The molecule has 1 saturated carbocycles. The molecule has 2 fully saturated rings. The number of hydrogen-bond donors (Lipinski definition) is 2. The van der Waals surface area contributed by atoms with E-state index < -0.39 is 10.0 Å². The standard InChI is InChI=1S/C12H15ClN2O3S/c13-8-3-1-2-4-9(8)19(16,17)15-11-10(14)7-5-6-18-12(7)11/h1-4,7,10-12,15H,5-6,14H2. The Morgan fingerprint density at radius 1 is 1.37 bits per heavy atom. The molecule has 5 nitrogen and oxygen atoms in total. The molecule has 1 aliphatic carbocycles. The first-order valence-electron chi connectivity index (χ1n) is 6.15. The lowest BCUT2D eigenvalue weighted by Crippen LogP contribution is -2.68. The van der Waals surface area contributed by atoms with E-state index in [9.17, 15) is 8.42 Å². The van der Waals surface area contributed by atoms with Gasteiger partial charge in [0.25, 0.3) is 0 Å². The first-order chi connectivity index (χ1) is 9.00. The fraction of sp³-hybridized carbons (Fsp3) is 0.500. The second kappa shape index (κ2) is 4.71. The summed E-state index contributed by atoms with van der Waals surface area (Å²) in [5.41, 5.74) is 5.99. The Kier molecular flexibility index (Phi) is 3.31. The molecule has 7 heteroatoms. The van der Waals surface area contributed by atoms with Gasteiger partial charge in [-0.1, -0.05) is 23.7 Å². The maximum Gasteiger partial charge on any atom is 0.242 e. The zero-order chi connectivity index (χ0) is 13.6. The van der Waals surface area contributed by atoms with E-state index in [1.165, 1.54) is 6.07 Å². The van der Waals surface area contributed by atoms with Gasteiger partial charge in [-0.15, -0.1) is 0 Å². The maximum absolute atomic E-state index is 12.3. The van der Waals surface area contributed by atoms with Gasteiger partial charge in [0.1, 0.15) is 4.90 Å². The molecule has 4 atom stereocenters. The zero-order valence-corrected chi connectivity index (χ0v) is 11.7. The van der Waals surface area contributed by atoms with Crippen LogP contribution >= 0.6 is 11.6 Å². The summed E-state index contributed by atoms with van der Waals surface area (Å²) in [5.74, 6) is 0.263. The molecule has 1 aliphatic heterocycles. The molecule has 1 saturated heterocycles. The van der Waals surface area contributed by atoms with E-state index >= 15 is 0 Å². The summed E-state index contributed by atoms with van der Waals surface area (Å²) in [5, 5.41) is 0.201. The zero-order valence-electron chi connectivity index (χ0n) is 10.1. The lowest BCUT2D eigenvalue weighted by Gasteiger charge is -2.45. The number of fused-ring (bicyclic) bond motifs is 1. The topological polar surface area (TPSA) is 81.4 Å². The number of halogens is 1. The molecule has 104 valence electrons. The Morgan fingerprint density at radius 2 is 2.11 bits per heavy atom. The van der Waals surface area contributed by atoms with Crippen molar-refractivity contribution in [3.63, 3.8) is 0 Å². The summed E-state index contributed by atoms with van der Waals surface area (Å²) in [6, 6.07) is 5.79. The van der Waals surface area contributed by atoms with Crippen molar-refractivity contribution in [3.05, 3.63) is 29.3 Å². The highest BCUT2D eigenvalue weighted by atomic mass is 35.5. The SMILES string of the molecule is NC1C2CCOC2C1NS(=O)(=O)c1ccccc1Cl. The normalized spacial score (nSPS) is 33.8. The molecule has 0 aromatic heterocycles. The smallest absolute Gasteiger partial charge is 0.242 e.